The van der Waals surface area contributed by atoms with Gasteiger partial charge in [-0.3, -0.25) is 4.90 Å². The summed E-state index contributed by atoms with van der Waals surface area (Å²) in [7, 11) is 0. The predicted octanol–water partition coefficient (Wildman–Crippen LogP) is 2.37. The third kappa shape index (κ3) is 3.41. The highest BCUT2D eigenvalue weighted by atomic mass is 35.5. The molecule has 1 aromatic carbocycles. The van der Waals surface area contributed by atoms with E-state index in [0.717, 1.165) is 37.6 Å². The second kappa shape index (κ2) is 6.60. The molecule has 0 saturated carbocycles. The summed E-state index contributed by atoms with van der Waals surface area (Å²) >= 11 is 6.10. The van der Waals surface area contributed by atoms with E-state index >= 15 is 0 Å². The van der Waals surface area contributed by atoms with Crippen LogP contribution in [0.2, 0.25) is 5.02 Å². The van der Waals surface area contributed by atoms with Crippen LogP contribution in [0, 0.1) is 0 Å². The van der Waals surface area contributed by atoms with Gasteiger partial charge in [-0.15, -0.1) is 0 Å². The Kier molecular flexibility index (Phi) is 5.08. The van der Waals surface area contributed by atoms with Gasteiger partial charge in [-0.1, -0.05) is 18.5 Å². The van der Waals surface area contributed by atoms with Gasteiger partial charge < -0.3 is 10.6 Å². The van der Waals surface area contributed by atoms with Crippen molar-refractivity contribution in [1.29, 1.82) is 0 Å². The van der Waals surface area contributed by atoms with Crippen molar-refractivity contribution in [3.05, 3.63) is 28.8 Å². The Bertz CT molecular complexity index is 422. The quantitative estimate of drug-likeness (QED) is 0.920. The number of rotatable bonds is 4. The first kappa shape index (κ1) is 14.6. The van der Waals surface area contributed by atoms with E-state index in [0.29, 0.717) is 12.6 Å². The van der Waals surface area contributed by atoms with Crippen LogP contribution in [-0.4, -0.2) is 43.7 Å². The summed E-state index contributed by atoms with van der Waals surface area (Å²) in [5.74, 6) is 0. The molecule has 1 saturated heterocycles. The largest absolute Gasteiger partial charge is 0.368 e. The Morgan fingerprint density at radius 2 is 2.16 bits per heavy atom. The Labute approximate surface area is 121 Å². The molecule has 1 aliphatic rings. The Morgan fingerprint density at radius 1 is 1.37 bits per heavy atom. The molecule has 0 amide bonds. The first-order valence-electron chi connectivity index (χ1n) is 7.13. The van der Waals surface area contributed by atoms with Crippen LogP contribution in [0.4, 0.5) is 5.69 Å². The van der Waals surface area contributed by atoms with Crippen LogP contribution < -0.4 is 10.6 Å². The van der Waals surface area contributed by atoms with Crippen molar-refractivity contribution in [2.45, 2.75) is 26.3 Å². The first-order valence-corrected chi connectivity index (χ1v) is 7.51. The van der Waals surface area contributed by atoms with Crippen molar-refractivity contribution in [3.63, 3.8) is 0 Å². The summed E-state index contributed by atoms with van der Waals surface area (Å²) in [5, 5.41) is 0.799. The molecule has 1 unspecified atom stereocenters. The van der Waals surface area contributed by atoms with Gasteiger partial charge >= 0.3 is 0 Å². The number of piperazine rings is 1. The van der Waals surface area contributed by atoms with E-state index in [4.69, 9.17) is 17.3 Å². The zero-order valence-electron chi connectivity index (χ0n) is 11.9. The number of nitrogens with two attached hydrogens (primary N) is 1. The normalized spacial score (nSPS) is 20.8. The van der Waals surface area contributed by atoms with Gasteiger partial charge in [0.05, 0.1) is 0 Å². The van der Waals surface area contributed by atoms with Gasteiger partial charge in [0, 0.05) is 36.4 Å². The molecule has 2 N–H and O–H groups in total. The first-order chi connectivity index (χ1) is 9.15. The molecule has 19 heavy (non-hydrogen) atoms. The van der Waals surface area contributed by atoms with Crippen molar-refractivity contribution in [1.82, 2.24) is 4.90 Å². The van der Waals surface area contributed by atoms with Crippen molar-refractivity contribution >= 4 is 17.3 Å². The molecule has 4 heteroatoms. The van der Waals surface area contributed by atoms with Crippen LogP contribution >= 0.6 is 11.6 Å². The van der Waals surface area contributed by atoms with Crippen LogP contribution in [0.1, 0.15) is 19.4 Å². The van der Waals surface area contributed by atoms with E-state index in [-0.39, 0.29) is 0 Å². The van der Waals surface area contributed by atoms with Crippen LogP contribution in [0.25, 0.3) is 0 Å². The number of anilines is 1. The maximum Gasteiger partial charge on any atom is 0.0410 e. The summed E-state index contributed by atoms with van der Waals surface area (Å²) in [5.41, 5.74) is 8.28. The number of nitrogens with zero attached hydrogens (tertiary/aromatic N) is 2. The number of benzene rings is 1. The molecule has 1 aliphatic heterocycles. The standard InChI is InChI=1S/C15H24ClN3/c1-3-18-8-9-19(11-12(18)2)15-5-4-14(16)10-13(15)6-7-17/h4-5,10,12H,3,6-9,11,17H2,1-2H3. The molecule has 0 spiro atoms. The van der Waals surface area contributed by atoms with Gasteiger partial charge in [-0.25, -0.2) is 0 Å². The summed E-state index contributed by atoms with van der Waals surface area (Å²) in [6.45, 7) is 9.61. The van der Waals surface area contributed by atoms with Gasteiger partial charge in [-0.2, -0.15) is 0 Å². The second-order valence-electron chi connectivity index (χ2n) is 5.24. The van der Waals surface area contributed by atoms with E-state index in [1.165, 1.54) is 11.3 Å². The summed E-state index contributed by atoms with van der Waals surface area (Å²) in [6.07, 6.45) is 0.887. The maximum absolute atomic E-state index is 6.10. The second-order valence-corrected chi connectivity index (χ2v) is 5.67. The predicted molar refractivity (Wildman–Crippen MR) is 83.1 cm³/mol. The molecule has 0 aliphatic carbocycles. The Balaban J connectivity index is 2.18. The smallest absolute Gasteiger partial charge is 0.0410 e. The topological polar surface area (TPSA) is 32.5 Å². The van der Waals surface area contributed by atoms with Crippen LogP contribution in [0.15, 0.2) is 18.2 Å². The third-order valence-electron chi connectivity index (χ3n) is 3.97. The van der Waals surface area contributed by atoms with Gasteiger partial charge in [0.2, 0.25) is 0 Å². The van der Waals surface area contributed by atoms with Crippen molar-refractivity contribution in [2.24, 2.45) is 5.73 Å². The molecule has 0 radical (unpaired) electrons. The van der Waals surface area contributed by atoms with Gasteiger partial charge in [0.25, 0.3) is 0 Å². The lowest BCUT2D eigenvalue weighted by molar-refractivity contribution is 0.199. The summed E-state index contributed by atoms with van der Waals surface area (Å²) < 4.78 is 0. The monoisotopic (exact) mass is 281 g/mol. The lowest BCUT2D eigenvalue weighted by Crippen LogP contribution is -2.52. The van der Waals surface area contributed by atoms with Crippen molar-refractivity contribution < 1.29 is 0 Å². The Hall–Kier alpha value is -0.770. The minimum absolute atomic E-state index is 0.597. The molecule has 1 atom stereocenters. The highest BCUT2D eigenvalue weighted by Crippen LogP contribution is 2.26. The zero-order valence-corrected chi connectivity index (χ0v) is 12.7. The van der Waals surface area contributed by atoms with E-state index in [1.54, 1.807) is 0 Å². The SMILES string of the molecule is CCN1CCN(c2ccc(Cl)cc2CCN)CC1C. The number of likely N-dealkylation sites (N-methyl/N-ethyl adjacent to an activating group) is 1. The van der Waals surface area contributed by atoms with Crippen LogP contribution in [0.5, 0.6) is 0 Å². The molecule has 1 aromatic rings. The molecule has 1 fully saturated rings. The van der Waals surface area contributed by atoms with Crippen molar-refractivity contribution in [2.75, 3.05) is 37.6 Å². The van der Waals surface area contributed by atoms with E-state index in [1.807, 2.05) is 6.07 Å². The number of hydrogen-bond acceptors (Lipinski definition) is 3. The fourth-order valence-electron chi connectivity index (χ4n) is 2.90. The molecular formula is C15H24ClN3. The average molecular weight is 282 g/mol. The fourth-order valence-corrected chi connectivity index (χ4v) is 3.10. The highest BCUT2D eigenvalue weighted by Gasteiger charge is 2.23. The van der Waals surface area contributed by atoms with E-state index < -0.39 is 0 Å². The summed E-state index contributed by atoms with van der Waals surface area (Å²) in [4.78, 5) is 4.99. The minimum Gasteiger partial charge on any atom is -0.368 e. The molecular weight excluding hydrogens is 258 g/mol. The molecule has 3 nitrogen and oxygen atoms in total. The van der Waals surface area contributed by atoms with E-state index in [2.05, 4.69) is 35.8 Å². The van der Waals surface area contributed by atoms with Crippen molar-refractivity contribution in [3.8, 4) is 0 Å². The fraction of sp³-hybridized carbons (Fsp3) is 0.600. The van der Waals surface area contributed by atoms with E-state index in [9.17, 15) is 0 Å². The molecule has 2 rings (SSSR count). The maximum atomic E-state index is 6.10. The third-order valence-corrected chi connectivity index (χ3v) is 4.20. The zero-order chi connectivity index (χ0) is 13.8. The van der Waals surface area contributed by atoms with Gasteiger partial charge in [0.1, 0.15) is 0 Å². The highest BCUT2D eigenvalue weighted by molar-refractivity contribution is 6.30. The molecule has 0 aromatic heterocycles. The molecule has 0 bridgehead atoms. The van der Waals surface area contributed by atoms with Crippen LogP contribution in [0.3, 0.4) is 0 Å². The minimum atomic E-state index is 0.597. The lowest BCUT2D eigenvalue weighted by Gasteiger charge is -2.41. The summed E-state index contributed by atoms with van der Waals surface area (Å²) in [6, 6.07) is 6.77. The lowest BCUT2D eigenvalue weighted by atomic mass is 10.1. The Morgan fingerprint density at radius 3 is 2.79 bits per heavy atom. The average Bonchev–Trinajstić information content (AvgIpc) is 2.39. The van der Waals surface area contributed by atoms with Crippen LogP contribution in [-0.2, 0) is 6.42 Å². The number of hydrogen-bond donors (Lipinski definition) is 1. The molecule has 1 heterocycles. The molecule has 106 valence electrons. The number of halogens is 1. The van der Waals surface area contributed by atoms with Gasteiger partial charge in [-0.05, 0) is 50.2 Å². The van der Waals surface area contributed by atoms with Gasteiger partial charge in [0.15, 0.2) is 0 Å².